The van der Waals surface area contributed by atoms with Crippen molar-refractivity contribution < 1.29 is 17.9 Å². The molecule has 0 spiro atoms. The van der Waals surface area contributed by atoms with Crippen LogP contribution < -0.4 is 5.32 Å². The first-order valence-corrected chi connectivity index (χ1v) is 10.6. The number of sulfonamides is 1. The molecule has 0 saturated carbocycles. The highest BCUT2D eigenvalue weighted by Crippen LogP contribution is 2.17. The first-order valence-electron chi connectivity index (χ1n) is 9.01. The average Bonchev–Trinajstić information content (AvgIpc) is 3.14. The van der Waals surface area contributed by atoms with Crippen molar-refractivity contribution in [2.75, 3.05) is 26.2 Å². The molecule has 3 rings (SSSR count). The summed E-state index contributed by atoms with van der Waals surface area (Å²) >= 11 is 0. The SMILES string of the molecule is O=C(NC[C@H]1CCCO1)c1ccc(CS(=O)(=O)N2CCCCC2)cc1. The van der Waals surface area contributed by atoms with Crippen molar-refractivity contribution in [3.8, 4) is 0 Å². The van der Waals surface area contributed by atoms with Crippen LogP contribution >= 0.6 is 0 Å². The topological polar surface area (TPSA) is 75.7 Å². The van der Waals surface area contributed by atoms with Crippen LogP contribution in [0.1, 0.15) is 48.0 Å². The molecule has 2 fully saturated rings. The number of piperidine rings is 1. The van der Waals surface area contributed by atoms with E-state index in [0.29, 0.717) is 30.8 Å². The Morgan fingerprint density at radius 3 is 2.48 bits per heavy atom. The van der Waals surface area contributed by atoms with Crippen LogP contribution in [-0.2, 0) is 20.5 Å². The fraction of sp³-hybridized carbons (Fsp3) is 0.611. The molecule has 0 bridgehead atoms. The van der Waals surface area contributed by atoms with E-state index in [-0.39, 0.29) is 17.8 Å². The molecule has 0 unspecified atom stereocenters. The summed E-state index contributed by atoms with van der Waals surface area (Å²) in [5.41, 5.74) is 1.25. The second-order valence-electron chi connectivity index (χ2n) is 6.76. The predicted molar refractivity (Wildman–Crippen MR) is 95.8 cm³/mol. The first-order chi connectivity index (χ1) is 12.0. The zero-order valence-corrected chi connectivity index (χ0v) is 15.3. The van der Waals surface area contributed by atoms with Gasteiger partial charge in [-0.1, -0.05) is 18.6 Å². The summed E-state index contributed by atoms with van der Waals surface area (Å²) in [5, 5.41) is 2.87. The second-order valence-corrected chi connectivity index (χ2v) is 8.73. The van der Waals surface area contributed by atoms with Gasteiger partial charge in [0.15, 0.2) is 0 Å². The van der Waals surface area contributed by atoms with Gasteiger partial charge in [-0.15, -0.1) is 0 Å². The van der Waals surface area contributed by atoms with Crippen molar-refractivity contribution in [1.82, 2.24) is 9.62 Å². The molecule has 2 aliphatic heterocycles. The van der Waals surface area contributed by atoms with Crippen LogP contribution in [0.2, 0.25) is 0 Å². The van der Waals surface area contributed by atoms with Crippen LogP contribution in [0.3, 0.4) is 0 Å². The molecule has 0 aromatic heterocycles. The predicted octanol–water partition coefficient (Wildman–Crippen LogP) is 1.91. The van der Waals surface area contributed by atoms with Crippen LogP contribution in [0.15, 0.2) is 24.3 Å². The molecule has 1 aromatic carbocycles. The number of benzene rings is 1. The van der Waals surface area contributed by atoms with Crippen molar-refractivity contribution in [3.63, 3.8) is 0 Å². The minimum absolute atomic E-state index is 0.00911. The Labute approximate surface area is 149 Å². The zero-order chi connectivity index (χ0) is 17.7. The van der Waals surface area contributed by atoms with Crippen molar-refractivity contribution >= 4 is 15.9 Å². The van der Waals surface area contributed by atoms with Crippen LogP contribution in [0, 0.1) is 0 Å². The molecule has 0 aliphatic carbocycles. The van der Waals surface area contributed by atoms with E-state index in [1.807, 2.05) is 0 Å². The molecule has 2 aliphatic rings. The van der Waals surface area contributed by atoms with Crippen LogP contribution in [0.5, 0.6) is 0 Å². The zero-order valence-electron chi connectivity index (χ0n) is 14.4. The van der Waals surface area contributed by atoms with E-state index in [1.165, 1.54) is 0 Å². The van der Waals surface area contributed by atoms with Crippen molar-refractivity contribution in [1.29, 1.82) is 0 Å². The third kappa shape index (κ3) is 5.03. The third-order valence-corrected chi connectivity index (χ3v) is 6.64. The van der Waals surface area contributed by atoms with Gasteiger partial charge in [0.05, 0.1) is 11.9 Å². The maximum atomic E-state index is 12.5. The highest BCUT2D eigenvalue weighted by atomic mass is 32.2. The molecule has 6 nitrogen and oxygen atoms in total. The highest BCUT2D eigenvalue weighted by molar-refractivity contribution is 7.88. The van der Waals surface area contributed by atoms with Gasteiger partial charge in [0.1, 0.15) is 0 Å². The van der Waals surface area contributed by atoms with Crippen LogP contribution in [0.25, 0.3) is 0 Å². The lowest BCUT2D eigenvalue weighted by molar-refractivity contribution is 0.0858. The number of amides is 1. The van der Waals surface area contributed by atoms with Gasteiger partial charge < -0.3 is 10.1 Å². The fourth-order valence-electron chi connectivity index (χ4n) is 3.31. The summed E-state index contributed by atoms with van der Waals surface area (Å²) in [4.78, 5) is 12.2. The van der Waals surface area contributed by atoms with Crippen LogP contribution in [0.4, 0.5) is 0 Å². The Morgan fingerprint density at radius 1 is 1.12 bits per heavy atom. The molecule has 1 atom stereocenters. The number of hydrogen-bond acceptors (Lipinski definition) is 4. The molecule has 1 aromatic rings. The lowest BCUT2D eigenvalue weighted by atomic mass is 10.1. The summed E-state index contributed by atoms with van der Waals surface area (Å²) in [7, 11) is -3.27. The molecule has 2 saturated heterocycles. The standard InChI is InChI=1S/C18H26N2O4S/c21-18(19-13-17-5-4-12-24-17)16-8-6-15(7-9-16)14-25(22,23)20-10-2-1-3-11-20/h6-9,17H,1-5,10-14H2,(H,19,21)/t17-/m1/s1. The Hall–Kier alpha value is -1.44. The Kier molecular flexibility index (Phi) is 6.09. The van der Waals surface area contributed by atoms with Crippen molar-refractivity contribution in [2.24, 2.45) is 0 Å². The molecule has 25 heavy (non-hydrogen) atoms. The largest absolute Gasteiger partial charge is 0.376 e. The van der Waals surface area contributed by atoms with E-state index in [2.05, 4.69) is 5.32 Å². The molecule has 0 radical (unpaired) electrons. The number of carbonyl (C=O) groups is 1. The normalized spacial score (nSPS) is 22.0. The van der Waals surface area contributed by atoms with Crippen molar-refractivity contribution in [3.05, 3.63) is 35.4 Å². The van der Waals surface area contributed by atoms with Gasteiger partial charge in [0.25, 0.3) is 5.91 Å². The maximum Gasteiger partial charge on any atom is 0.251 e. The molecule has 7 heteroatoms. The van der Waals surface area contributed by atoms with Crippen molar-refractivity contribution in [2.45, 2.75) is 44.0 Å². The number of nitrogens with one attached hydrogen (secondary N) is 1. The smallest absolute Gasteiger partial charge is 0.251 e. The van der Waals surface area contributed by atoms with Crippen LogP contribution in [-0.4, -0.2) is 51.0 Å². The molecular formula is C18H26N2O4S. The number of ether oxygens (including phenoxy) is 1. The van der Waals surface area contributed by atoms with Gasteiger partial charge in [0, 0.05) is 31.8 Å². The number of nitrogens with zero attached hydrogens (tertiary/aromatic N) is 1. The molecule has 1 N–H and O–H groups in total. The lowest BCUT2D eigenvalue weighted by Gasteiger charge is -2.25. The van der Waals surface area contributed by atoms with E-state index in [4.69, 9.17) is 4.74 Å². The highest BCUT2D eigenvalue weighted by Gasteiger charge is 2.24. The maximum absolute atomic E-state index is 12.5. The summed E-state index contributed by atoms with van der Waals surface area (Å²) < 4.78 is 32.0. The minimum atomic E-state index is -3.27. The van der Waals surface area contributed by atoms with Gasteiger partial charge in [0.2, 0.25) is 10.0 Å². The Morgan fingerprint density at radius 2 is 1.84 bits per heavy atom. The Balaban J connectivity index is 1.55. The molecule has 2 heterocycles. The molecule has 138 valence electrons. The number of rotatable bonds is 6. The minimum Gasteiger partial charge on any atom is -0.376 e. The number of hydrogen-bond donors (Lipinski definition) is 1. The second kappa shape index (κ2) is 8.29. The van der Waals surface area contributed by atoms with Gasteiger partial charge in [-0.2, -0.15) is 0 Å². The van der Waals surface area contributed by atoms with Gasteiger partial charge in [-0.3, -0.25) is 4.79 Å². The number of carbonyl (C=O) groups excluding carboxylic acids is 1. The first kappa shape index (κ1) is 18.4. The monoisotopic (exact) mass is 366 g/mol. The summed E-state index contributed by atoms with van der Waals surface area (Å²) in [6.45, 7) is 2.52. The summed E-state index contributed by atoms with van der Waals surface area (Å²) in [6, 6.07) is 6.82. The Bertz CT molecular complexity index is 676. The summed E-state index contributed by atoms with van der Waals surface area (Å²) in [6.07, 6.45) is 5.10. The van der Waals surface area contributed by atoms with Gasteiger partial charge >= 0.3 is 0 Å². The van der Waals surface area contributed by atoms with E-state index in [0.717, 1.165) is 38.7 Å². The third-order valence-electron chi connectivity index (χ3n) is 4.79. The fourth-order valence-corrected chi connectivity index (χ4v) is 4.92. The van der Waals surface area contributed by atoms with Gasteiger partial charge in [-0.05, 0) is 43.4 Å². The average molecular weight is 366 g/mol. The summed E-state index contributed by atoms with van der Waals surface area (Å²) in [5.74, 6) is -0.161. The quantitative estimate of drug-likeness (QED) is 0.834. The van der Waals surface area contributed by atoms with E-state index in [9.17, 15) is 13.2 Å². The lowest BCUT2D eigenvalue weighted by Crippen LogP contribution is -2.36. The molecular weight excluding hydrogens is 340 g/mol. The van der Waals surface area contributed by atoms with Gasteiger partial charge in [-0.25, -0.2) is 12.7 Å². The van der Waals surface area contributed by atoms with E-state index in [1.54, 1.807) is 28.6 Å². The van der Waals surface area contributed by atoms with E-state index >= 15 is 0 Å². The van der Waals surface area contributed by atoms with E-state index < -0.39 is 10.0 Å². The molecule has 1 amide bonds.